The summed E-state index contributed by atoms with van der Waals surface area (Å²) in [6.45, 7) is 2.08. The molecule has 10 heteroatoms. The molecule has 3 aromatic rings. The van der Waals surface area contributed by atoms with Crippen LogP contribution >= 0.6 is 11.3 Å². The Morgan fingerprint density at radius 2 is 2.25 bits per heavy atom. The van der Waals surface area contributed by atoms with Crippen molar-refractivity contribution in [2.75, 3.05) is 19.0 Å². The summed E-state index contributed by atoms with van der Waals surface area (Å²) in [5, 5.41) is 3.33. The van der Waals surface area contributed by atoms with Crippen molar-refractivity contribution < 1.29 is 18.7 Å². The zero-order chi connectivity index (χ0) is 19.5. The minimum atomic E-state index is -0.488. The van der Waals surface area contributed by atoms with Crippen molar-refractivity contribution >= 4 is 28.3 Å². The smallest absolute Gasteiger partial charge is 0.373 e. The Morgan fingerprint density at radius 3 is 3.04 bits per heavy atom. The number of furan rings is 1. The van der Waals surface area contributed by atoms with Gasteiger partial charge in [-0.1, -0.05) is 0 Å². The van der Waals surface area contributed by atoms with Crippen LogP contribution in [0.5, 0.6) is 0 Å². The predicted molar refractivity (Wildman–Crippen MR) is 100.0 cm³/mol. The molecule has 4 rings (SSSR count). The van der Waals surface area contributed by atoms with E-state index in [-0.39, 0.29) is 17.4 Å². The highest BCUT2D eigenvalue weighted by atomic mass is 32.1. The summed E-state index contributed by atoms with van der Waals surface area (Å²) in [6, 6.07) is 3.39. The van der Waals surface area contributed by atoms with Crippen LogP contribution in [0.15, 0.2) is 35.1 Å². The lowest BCUT2D eigenvalue weighted by Crippen LogP contribution is -2.29. The first-order valence-corrected chi connectivity index (χ1v) is 9.39. The summed E-state index contributed by atoms with van der Waals surface area (Å²) >= 11 is 1.45. The number of hydrogen-bond donors (Lipinski definition) is 1. The fraction of sp³-hybridized carbons (Fsp3) is 0.278. The number of nitrogens with one attached hydrogen (secondary N) is 1. The van der Waals surface area contributed by atoms with Crippen LogP contribution in [0.3, 0.4) is 0 Å². The normalized spacial score (nSPS) is 13.8. The monoisotopic (exact) mass is 399 g/mol. The Morgan fingerprint density at radius 1 is 1.36 bits per heavy atom. The molecule has 3 aromatic heterocycles. The average molecular weight is 399 g/mol. The number of hydrogen-bond acceptors (Lipinski definition) is 9. The molecule has 1 amide bonds. The zero-order valence-electron chi connectivity index (χ0n) is 15.0. The lowest BCUT2D eigenvalue weighted by Gasteiger charge is -2.24. The van der Waals surface area contributed by atoms with E-state index in [4.69, 9.17) is 4.42 Å². The molecule has 0 aliphatic carbocycles. The third kappa shape index (κ3) is 3.92. The number of carbonyl (C=O) groups excluding carboxylic acids is 2. The van der Waals surface area contributed by atoms with Gasteiger partial charge in [-0.25, -0.2) is 14.8 Å². The molecule has 0 saturated carbocycles. The van der Waals surface area contributed by atoms with Crippen molar-refractivity contribution in [2.24, 2.45) is 0 Å². The Balaban J connectivity index is 1.40. The Hall–Kier alpha value is -3.11. The number of esters is 1. The van der Waals surface area contributed by atoms with Gasteiger partial charge in [0.1, 0.15) is 11.5 Å². The first kappa shape index (κ1) is 18.3. The second kappa shape index (κ2) is 7.87. The number of thiazole rings is 1. The first-order chi connectivity index (χ1) is 13.6. The van der Waals surface area contributed by atoms with Crippen molar-refractivity contribution in [3.05, 3.63) is 58.5 Å². The number of ether oxygens (including phenoxy) is 1. The molecule has 144 valence electrons. The van der Waals surface area contributed by atoms with Gasteiger partial charge >= 0.3 is 5.97 Å². The number of methoxy groups -OCH3 is 1. The van der Waals surface area contributed by atoms with Gasteiger partial charge in [-0.3, -0.25) is 20.0 Å². The summed E-state index contributed by atoms with van der Waals surface area (Å²) in [6.07, 6.45) is 5.18. The van der Waals surface area contributed by atoms with Crippen LogP contribution in [0.1, 0.15) is 37.4 Å². The molecule has 9 nitrogen and oxygen atoms in total. The molecule has 1 aliphatic heterocycles. The highest BCUT2D eigenvalue weighted by molar-refractivity contribution is 7.15. The number of anilines is 1. The first-order valence-electron chi connectivity index (χ1n) is 8.57. The molecule has 0 fully saturated rings. The number of rotatable bonds is 5. The average Bonchev–Trinajstić information content (AvgIpc) is 3.34. The van der Waals surface area contributed by atoms with Crippen LogP contribution in [0, 0.1) is 0 Å². The fourth-order valence-corrected chi connectivity index (χ4v) is 3.95. The van der Waals surface area contributed by atoms with Gasteiger partial charge in [0.15, 0.2) is 5.13 Å². The number of carbonyl (C=O) groups is 2. The lowest BCUT2D eigenvalue weighted by molar-refractivity contribution is 0.0560. The molecule has 1 aliphatic rings. The standard InChI is InChI=1S/C18H17N5O4S/c1-26-17(25)14-3-2-11(27-14)9-23-7-4-12-15(10-23)28-18(21-12)22-16(24)13-8-19-5-6-20-13/h2-3,5-6,8H,4,7,9-10H2,1H3,(H,21,22,24). The third-order valence-electron chi connectivity index (χ3n) is 4.25. The van der Waals surface area contributed by atoms with E-state index in [1.165, 1.54) is 37.0 Å². The number of fused-ring (bicyclic) bond motifs is 1. The molecular formula is C18H17N5O4S. The summed E-state index contributed by atoms with van der Waals surface area (Å²) in [5.41, 5.74) is 1.24. The predicted octanol–water partition coefficient (Wildman–Crippen LogP) is 2.12. The van der Waals surface area contributed by atoms with E-state index in [1.54, 1.807) is 12.1 Å². The third-order valence-corrected chi connectivity index (χ3v) is 5.25. The van der Waals surface area contributed by atoms with Gasteiger partial charge < -0.3 is 9.15 Å². The van der Waals surface area contributed by atoms with E-state index in [1.807, 2.05) is 0 Å². The summed E-state index contributed by atoms with van der Waals surface area (Å²) in [4.78, 5) is 39.4. The Kier molecular flexibility index (Phi) is 5.13. The number of amides is 1. The van der Waals surface area contributed by atoms with Crippen molar-refractivity contribution in [3.63, 3.8) is 0 Å². The minimum absolute atomic E-state index is 0.196. The molecule has 0 aromatic carbocycles. The van der Waals surface area contributed by atoms with Crippen LogP contribution < -0.4 is 5.32 Å². The van der Waals surface area contributed by atoms with Gasteiger partial charge in [-0.05, 0) is 12.1 Å². The van der Waals surface area contributed by atoms with Gasteiger partial charge in [-0.2, -0.15) is 0 Å². The van der Waals surface area contributed by atoms with Gasteiger partial charge in [0.05, 0.1) is 25.5 Å². The van der Waals surface area contributed by atoms with E-state index < -0.39 is 5.97 Å². The zero-order valence-corrected chi connectivity index (χ0v) is 15.9. The maximum atomic E-state index is 12.2. The largest absolute Gasteiger partial charge is 0.463 e. The van der Waals surface area contributed by atoms with Crippen LogP contribution in [0.25, 0.3) is 0 Å². The van der Waals surface area contributed by atoms with Crippen molar-refractivity contribution in [1.29, 1.82) is 0 Å². The highest BCUT2D eigenvalue weighted by Crippen LogP contribution is 2.29. The van der Waals surface area contributed by atoms with E-state index in [0.717, 1.165) is 23.5 Å². The molecule has 0 bridgehead atoms. The number of aromatic nitrogens is 3. The van der Waals surface area contributed by atoms with Crippen LogP contribution in [0.4, 0.5) is 5.13 Å². The molecule has 0 spiro atoms. The summed E-state index contributed by atoms with van der Waals surface area (Å²) in [7, 11) is 1.32. The second-order valence-electron chi connectivity index (χ2n) is 6.15. The number of nitrogens with zero attached hydrogens (tertiary/aromatic N) is 4. The van der Waals surface area contributed by atoms with Crippen LogP contribution in [-0.2, 0) is 24.2 Å². The SMILES string of the molecule is COC(=O)c1ccc(CN2CCc3nc(NC(=O)c4cnccn4)sc3C2)o1. The molecule has 1 N–H and O–H groups in total. The molecule has 4 heterocycles. The second-order valence-corrected chi connectivity index (χ2v) is 7.24. The summed E-state index contributed by atoms with van der Waals surface area (Å²) in [5.74, 6) is 0.0756. The lowest BCUT2D eigenvalue weighted by atomic mass is 10.2. The molecule has 28 heavy (non-hydrogen) atoms. The van der Waals surface area contributed by atoms with Gasteiger partial charge in [-0.15, -0.1) is 11.3 Å². The van der Waals surface area contributed by atoms with Crippen LogP contribution in [0.2, 0.25) is 0 Å². The van der Waals surface area contributed by atoms with Crippen molar-refractivity contribution in [3.8, 4) is 0 Å². The van der Waals surface area contributed by atoms with Gasteiger partial charge in [0.2, 0.25) is 5.76 Å². The Labute approximate surface area is 164 Å². The molecule has 0 radical (unpaired) electrons. The highest BCUT2D eigenvalue weighted by Gasteiger charge is 2.23. The quantitative estimate of drug-likeness (QED) is 0.650. The van der Waals surface area contributed by atoms with E-state index in [2.05, 4.69) is 29.9 Å². The maximum Gasteiger partial charge on any atom is 0.373 e. The van der Waals surface area contributed by atoms with Gasteiger partial charge in [0.25, 0.3) is 5.91 Å². The molecular weight excluding hydrogens is 382 g/mol. The molecule has 0 atom stereocenters. The van der Waals surface area contributed by atoms with Crippen molar-refractivity contribution in [2.45, 2.75) is 19.5 Å². The van der Waals surface area contributed by atoms with Crippen molar-refractivity contribution in [1.82, 2.24) is 19.9 Å². The molecule has 0 unspecified atom stereocenters. The van der Waals surface area contributed by atoms with E-state index in [9.17, 15) is 9.59 Å². The maximum absolute atomic E-state index is 12.2. The van der Waals surface area contributed by atoms with E-state index in [0.29, 0.717) is 24.0 Å². The molecule has 0 saturated heterocycles. The van der Waals surface area contributed by atoms with E-state index >= 15 is 0 Å². The Bertz CT molecular complexity index is 1000. The minimum Gasteiger partial charge on any atom is -0.463 e. The van der Waals surface area contributed by atoms with Gasteiger partial charge in [0, 0.05) is 36.8 Å². The van der Waals surface area contributed by atoms with Crippen LogP contribution in [-0.4, -0.2) is 45.4 Å². The fourth-order valence-electron chi connectivity index (χ4n) is 2.91. The summed E-state index contributed by atoms with van der Waals surface area (Å²) < 4.78 is 10.2. The topological polar surface area (TPSA) is 110 Å².